The zero-order chi connectivity index (χ0) is 15.4. The third kappa shape index (κ3) is 3.76. The summed E-state index contributed by atoms with van der Waals surface area (Å²) in [5.41, 5.74) is 0.964. The largest absolute Gasteiger partial charge is 0.324 e. The number of halogens is 3. The first-order valence-corrected chi connectivity index (χ1v) is 7.26. The second kappa shape index (κ2) is 6.94. The Hall–Kier alpha value is -1.55. The van der Waals surface area contributed by atoms with Gasteiger partial charge in [-0.2, -0.15) is 0 Å². The van der Waals surface area contributed by atoms with E-state index in [-0.39, 0.29) is 27.9 Å². The van der Waals surface area contributed by atoms with Gasteiger partial charge in [0.25, 0.3) is 0 Å². The first-order chi connectivity index (χ1) is 10.0. The van der Waals surface area contributed by atoms with E-state index in [1.807, 2.05) is 6.07 Å². The SMILES string of the molecule is O=C(CCl)Nc1cc(Cl)cc(C(=O)c2ccccc2)c1Cl. The topological polar surface area (TPSA) is 46.2 Å². The number of hydrogen-bond donors (Lipinski definition) is 1. The predicted molar refractivity (Wildman–Crippen MR) is 85.7 cm³/mol. The van der Waals surface area contributed by atoms with Crippen LogP contribution in [-0.4, -0.2) is 17.6 Å². The molecule has 21 heavy (non-hydrogen) atoms. The van der Waals surface area contributed by atoms with Crippen molar-refractivity contribution in [2.75, 3.05) is 11.2 Å². The summed E-state index contributed by atoms with van der Waals surface area (Å²) in [7, 11) is 0. The van der Waals surface area contributed by atoms with Crippen molar-refractivity contribution in [3.05, 3.63) is 63.6 Å². The van der Waals surface area contributed by atoms with E-state index in [1.165, 1.54) is 12.1 Å². The van der Waals surface area contributed by atoms with Gasteiger partial charge in [0.15, 0.2) is 5.78 Å². The van der Waals surface area contributed by atoms with Crippen LogP contribution in [0.5, 0.6) is 0 Å². The number of hydrogen-bond acceptors (Lipinski definition) is 2. The molecule has 0 bridgehead atoms. The molecule has 0 radical (unpaired) electrons. The number of carbonyl (C=O) groups is 2. The van der Waals surface area contributed by atoms with Crippen LogP contribution in [0.3, 0.4) is 0 Å². The third-order valence-electron chi connectivity index (χ3n) is 2.71. The van der Waals surface area contributed by atoms with Crippen LogP contribution >= 0.6 is 34.8 Å². The molecule has 108 valence electrons. The van der Waals surface area contributed by atoms with E-state index in [4.69, 9.17) is 34.8 Å². The van der Waals surface area contributed by atoms with Crippen LogP contribution in [0.25, 0.3) is 0 Å². The van der Waals surface area contributed by atoms with Gasteiger partial charge in [-0.1, -0.05) is 53.5 Å². The van der Waals surface area contributed by atoms with E-state index in [0.717, 1.165) is 0 Å². The van der Waals surface area contributed by atoms with Crippen LogP contribution in [-0.2, 0) is 4.79 Å². The molecule has 1 amide bonds. The van der Waals surface area contributed by atoms with Crippen LogP contribution in [0.15, 0.2) is 42.5 Å². The number of nitrogens with one attached hydrogen (secondary N) is 1. The van der Waals surface area contributed by atoms with E-state index in [1.54, 1.807) is 24.3 Å². The molecule has 0 aromatic heterocycles. The van der Waals surface area contributed by atoms with E-state index in [2.05, 4.69) is 5.32 Å². The van der Waals surface area contributed by atoms with Gasteiger partial charge in [0, 0.05) is 16.1 Å². The van der Waals surface area contributed by atoms with Crippen LogP contribution in [0.2, 0.25) is 10.0 Å². The molecule has 3 nitrogen and oxygen atoms in total. The number of amides is 1. The molecule has 0 fully saturated rings. The molecule has 2 rings (SSSR count). The van der Waals surface area contributed by atoms with Crippen molar-refractivity contribution in [1.82, 2.24) is 0 Å². The lowest BCUT2D eigenvalue weighted by molar-refractivity contribution is -0.113. The standard InChI is InChI=1S/C15H10Cl3NO2/c16-8-13(20)19-12-7-10(17)6-11(14(12)18)15(21)9-4-2-1-3-5-9/h1-7H,8H2,(H,19,20). The zero-order valence-corrected chi connectivity index (χ0v) is 13.0. The molecular formula is C15H10Cl3NO2. The van der Waals surface area contributed by atoms with Crippen molar-refractivity contribution >= 4 is 52.2 Å². The molecule has 0 heterocycles. The molecule has 0 saturated heterocycles. The Morgan fingerprint density at radius 3 is 2.33 bits per heavy atom. The molecule has 0 unspecified atom stereocenters. The van der Waals surface area contributed by atoms with Gasteiger partial charge < -0.3 is 5.32 Å². The van der Waals surface area contributed by atoms with Crippen LogP contribution in [0.4, 0.5) is 5.69 Å². The Kier molecular flexibility index (Phi) is 5.23. The Morgan fingerprint density at radius 1 is 1.05 bits per heavy atom. The number of rotatable bonds is 4. The second-order valence-corrected chi connectivity index (χ2v) is 5.27. The highest BCUT2D eigenvalue weighted by molar-refractivity contribution is 6.40. The van der Waals surface area contributed by atoms with E-state index < -0.39 is 5.91 Å². The fraction of sp³-hybridized carbons (Fsp3) is 0.0667. The van der Waals surface area contributed by atoms with Crippen LogP contribution < -0.4 is 5.32 Å². The summed E-state index contributed by atoms with van der Waals surface area (Å²) < 4.78 is 0. The molecule has 0 spiro atoms. The summed E-state index contributed by atoms with van der Waals surface area (Å²) in [6.07, 6.45) is 0. The van der Waals surface area contributed by atoms with Gasteiger partial charge in [-0.05, 0) is 12.1 Å². The maximum atomic E-state index is 12.4. The van der Waals surface area contributed by atoms with Gasteiger partial charge in [-0.15, -0.1) is 11.6 Å². The maximum Gasteiger partial charge on any atom is 0.239 e. The minimum atomic E-state index is -0.432. The first-order valence-electron chi connectivity index (χ1n) is 5.97. The van der Waals surface area contributed by atoms with Crippen molar-refractivity contribution < 1.29 is 9.59 Å². The average Bonchev–Trinajstić information content (AvgIpc) is 2.50. The molecule has 0 saturated carbocycles. The van der Waals surface area contributed by atoms with Gasteiger partial charge in [-0.25, -0.2) is 0 Å². The maximum absolute atomic E-state index is 12.4. The van der Waals surface area contributed by atoms with Crippen LogP contribution in [0.1, 0.15) is 15.9 Å². The normalized spacial score (nSPS) is 10.2. The lowest BCUT2D eigenvalue weighted by Crippen LogP contribution is -2.14. The third-order valence-corrected chi connectivity index (χ3v) is 3.58. The van der Waals surface area contributed by atoms with Gasteiger partial charge >= 0.3 is 0 Å². The Labute approximate surface area is 136 Å². The lowest BCUT2D eigenvalue weighted by atomic mass is 10.0. The van der Waals surface area contributed by atoms with E-state index in [0.29, 0.717) is 10.6 Å². The number of anilines is 1. The molecule has 0 aliphatic rings. The highest BCUT2D eigenvalue weighted by atomic mass is 35.5. The smallest absolute Gasteiger partial charge is 0.239 e. The molecule has 6 heteroatoms. The Bertz CT molecular complexity index is 687. The molecule has 2 aromatic rings. The van der Waals surface area contributed by atoms with Gasteiger partial charge in [0.1, 0.15) is 5.88 Å². The molecule has 0 aliphatic heterocycles. The van der Waals surface area contributed by atoms with Crippen molar-refractivity contribution in [3.8, 4) is 0 Å². The molecule has 2 aromatic carbocycles. The summed E-state index contributed by atoms with van der Waals surface area (Å²) in [6.45, 7) is 0. The average molecular weight is 343 g/mol. The highest BCUT2D eigenvalue weighted by Gasteiger charge is 2.17. The van der Waals surface area contributed by atoms with E-state index >= 15 is 0 Å². The first kappa shape index (κ1) is 15.8. The zero-order valence-electron chi connectivity index (χ0n) is 10.7. The van der Waals surface area contributed by atoms with Gasteiger partial charge in [0.05, 0.1) is 10.7 Å². The summed E-state index contributed by atoms with van der Waals surface area (Å²) in [5, 5.41) is 2.93. The monoisotopic (exact) mass is 341 g/mol. The number of ketones is 1. The molecule has 0 aliphatic carbocycles. The van der Waals surface area contributed by atoms with Crippen molar-refractivity contribution in [1.29, 1.82) is 0 Å². The Balaban J connectivity index is 2.45. The van der Waals surface area contributed by atoms with Crippen LogP contribution in [0, 0.1) is 0 Å². The predicted octanol–water partition coefficient (Wildman–Crippen LogP) is 4.40. The molecular weight excluding hydrogens is 333 g/mol. The van der Waals surface area contributed by atoms with Gasteiger partial charge in [-0.3, -0.25) is 9.59 Å². The second-order valence-electron chi connectivity index (χ2n) is 4.19. The van der Waals surface area contributed by atoms with Crippen molar-refractivity contribution in [3.63, 3.8) is 0 Å². The Morgan fingerprint density at radius 2 is 1.71 bits per heavy atom. The molecule has 1 N–H and O–H groups in total. The van der Waals surface area contributed by atoms with Crippen molar-refractivity contribution in [2.45, 2.75) is 0 Å². The highest BCUT2D eigenvalue weighted by Crippen LogP contribution is 2.31. The summed E-state index contributed by atoms with van der Waals surface area (Å²) in [4.78, 5) is 23.8. The number of carbonyl (C=O) groups excluding carboxylic acids is 2. The minimum Gasteiger partial charge on any atom is -0.324 e. The summed E-state index contributed by atoms with van der Waals surface area (Å²) in [5.74, 6) is -0.923. The summed E-state index contributed by atoms with van der Waals surface area (Å²) >= 11 is 17.6. The summed E-state index contributed by atoms with van der Waals surface area (Å²) in [6, 6.07) is 11.6. The molecule has 0 atom stereocenters. The van der Waals surface area contributed by atoms with Gasteiger partial charge in [0.2, 0.25) is 5.91 Å². The van der Waals surface area contributed by atoms with E-state index in [9.17, 15) is 9.59 Å². The lowest BCUT2D eigenvalue weighted by Gasteiger charge is -2.11. The fourth-order valence-corrected chi connectivity index (χ4v) is 2.30. The number of benzene rings is 2. The number of alkyl halides is 1. The van der Waals surface area contributed by atoms with Crippen molar-refractivity contribution in [2.24, 2.45) is 0 Å². The minimum absolute atomic E-state index is 0.131. The quantitative estimate of drug-likeness (QED) is 0.661. The fourth-order valence-electron chi connectivity index (χ4n) is 1.77.